The van der Waals surface area contributed by atoms with Gasteiger partial charge in [-0.25, -0.2) is 8.42 Å². The molecule has 1 saturated carbocycles. The van der Waals surface area contributed by atoms with Crippen molar-refractivity contribution in [2.45, 2.75) is 42.2 Å². The van der Waals surface area contributed by atoms with Gasteiger partial charge in [0, 0.05) is 6.20 Å². The third kappa shape index (κ3) is 3.33. The molecule has 0 unspecified atom stereocenters. The fourth-order valence-electron chi connectivity index (χ4n) is 3.15. The minimum atomic E-state index is -3.27. The van der Waals surface area contributed by atoms with Crippen molar-refractivity contribution in [2.75, 3.05) is 0 Å². The van der Waals surface area contributed by atoms with Gasteiger partial charge in [0.05, 0.1) is 10.1 Å². The normalized spacial score (nSPS) is 16.0. The molecular weight excluding hydrogens is 324 g/mol. The van der Waals surface area contributed by atoms with E-state index in [0.29, 0.717) is 4.90 Å². The van der Waals surface area contributed by atoms with Gasteiger partial charge in [-0.1, -0.05) is 31.4 Å². The summed E-state index contributed by atoms with van der Waals surface area (Å²) >= 11 is 0. The number of sulfone groups is 1. The van der Waals surface area contributed by atoms with Crippen LogP contribution in [0.4, 0.5) is 0 Å². The Morgan fingerprint density at radius 1 is 1.00 bits per heavy atom. The fraction of sp³-hybridized carbons (Fsp3) is 0.333. The van der Waals surface area contributed by atoms with Crippen LogP contribution >= 0.6 is 0 Å². The van der Waals surface area contributed by atoms with E-state index < -0.39 is 15.7 Å². The SMILES string of the molecule is NC(=O)c1cc(-c2ccc(S(=O)(=O)C3CCCCC3)cc2)ccn1. The minimum Gasteiger partial charge on any atom is -0.364 e. The molecule has 2 aromatic rings. The lowest BCUT2D eigenvalue weighted by atomic mass is 10.0. The molecule has 1 aliphatic rings. The average molecular weight is 344 g/mol. The van der Waals surface area contributed by atoms with E-state index in [1.165, 1.54) is 6.20 Å². The first kappa shape index (κ1) is 16.6. The third-order valence-corrected chi connectivity index (χ3v) is 6.80. The molecule has 0 saturated heterocycles. The summed E-state index contributed by atoms with van der Waals surface area (Å²) in [5.41, 5.74) is 7.03. The highest BCUT2D eigenvalue weighted by atomic mass is 32.2. The summed E-state index contributed by atoms with van der Waals surface area (Å²) in [4.78, 5) is 15.5. The molecule has 2 N–H and O–H groups in total. The molecule has 126 valence electrons. The van der Waals surface area contributed by atoms with E-state index >= 15 is 0 Å². The zero-order valence-electron chi connectivity index (χ0n) is 13.3. The molecule has 0 radical (unpaired) electrons. The number of nitrogens with zero attached hydrogens (tertiary/aromatic N) is 1. The summed E-state index contributed by atoms with van der Waals surface area (Å²) in [6, 6.07) is 10.2. The lowest BCUT2D eigenvalue weighted by Gasteiger charge is -2.21. The van der Waals surface area contributed by atoms with Crippen LogP contribution in [-0.4, -0.2) is 24.6 Å². The summed E-state index contributed by atoms with van der Waals surface area (Å²) in [6.45, 7) is 0. The Labute approximate surface area is 141 Å². The van der Waals surface area contributed by atoms with E-state index in [2.05, 4.69) is 4.98 Å². The van der Waals surface area contributed by atoms with Gasteiger partial charge in [-0.05, 0) is 48.2 Å². The molecule has 0 bridgehead atoms. The van der Waals surface area contributed by atoms with Crippen LogP contribution in [0.25, 0.3) is 11.1 Å². The standard InChI is InChI=1S/C18H20N2O3S/c19-18(21)17-12-14(10-11-20-17)13-6-8-16(9-7-13)24(22,23)15-4-2-1-3-5-15/h6-12,15H,1-5H2,(H2,19,21). The van der Waals surface area contributed by atoms with Crippen molar-refractivity contribution in [3.63, 3.8) is 0 Å². The maximum Gasteiger partial charge on any atom is 0.267 e. The summed E-state index contributed by atoms with van der Waals surface area (Å²) in [7, 11) is -3.27. The Kier molecular flexibility index (Phi) is 4.66. The van der Waals surface area contributed by atoms with Crippen LogP contribution in [0, 0.1) is 0 Å². The van der Waals surface area contributed by atoms with E-state index in [1.807, 2.05) is 0 Å². The number of hydrogen-bond donors (Lipinski definition) is 1. The number of aromatic nitrogens is 1. The molecule has 1 amide bonds. The molecule has 1 aromatic carbocycles. The third-order valence-electron chi connectivity index (χ3n) is 4.52. The quantitative estimate of drug-likeness (QED) is 0.923. The molecule has 1 heterocycles. The van der Waals surface area contributed by atoms with Crippen LogP contribution in [-0.2, 0) is 9.84 Å². The van der Waals surface area contributed by atoms with Crippen molar-refractivity contribution in [3.8, 4) is 11.1 Å². The number of carbonyl (C=O) groups excluding carboxylic acids is 1. The number of benzene rings is 1. The second-order valence-electron chi connectivity index (χ2n) is 6.12. The average Bonchev–Trinajstić information content (AvgIpc) is 2.62. The first-order valence-electron chi connectivity index (χ1n) is 8.08. The Morgan fingerprint density at radius 3 is 2.29 bits per heavy atom. The number of nitrogens with two attached hydrogens (primary N) is 1. The van der Waals surface area contributed by atoms with Crippen molar-refractivity contribution in [2.24, 2.45) is 5.73 Å². The Bertz CT molecular complexity index is 839. The number of amides is 1. The second kappa shape index (κ2) is 6.73. The molecule has 1 fully saturated rings. The molecule has 1 aliphatic carbocycles. The van der Waals surface area contributed by atoms with Crippen LogP contribution in [0.15, 0.2) is 47.5 Å². The van der Waals surface area contributed by atoms with Gasteiger partial charge in [-0.15, -0.1) is 0 Å². The zero-order chi connectivity index (χ0) is 17.2. The molecule has 1 aromatic heterocycles. The number of rotatable bonds is 4. The first-order chi connectivity index (χ1) is 11.5. The van der Waals surface area contributed by atoms with Gasteiger partial charge in [-0.2, -0.15) is 0 Å². The predicted octanol–water partition coefficient (Wildman–Crippen LogP) is 2.95. The Balaban J connectivity index is 1.88. The molecule has 0 atom stereocenters. The molecule has 5 nitrogen and oxygen atoms in total. The summed E-state index contributed by atoms with van der Waals surface area (Å²) in [6.07, 6.45) is 6.09. The van der Waals surface area contributed by atoms with E-state index in [4.69, 9.17) is 5.73 Å². The number of carbonyl (C=O) groups is 1. The maximum absolute atomic E-state index is 12.7. The van der Waals surface area contributed by atoms with Gasteiger partial charge in [0.25, 0.3) is 5.91 Å². The largest absolute Gasteiger partial charge is 0.364 e. The van der Waals surface area contributed by atoms with Gasteiger partial charge >= 0.3 is 0 Å². The van der Waals surface area contributed by atoms with Crippen molar-refractivity contribution >= 4 is 15.7 Å². The first-order valence-corrected chi connectivity index (χ1v) is 9.63. The smallest absolute Gasteiger partial charge is 0.267 e. The van der Waals surface area contributed by atoms with Gasteiger partial charge in [0.2, 0.25) is 0 Å². The van der Waals surface area contributed by atoms with Gasteiger partial charge in [0.15, 0.2) is 9.84 Å². The van der Waals surface area contributed by atoms with Crippen LogP contribution in [0.3, 0.4) is 0 Å². The zero-order valence-corrected chi connectivity index (χ0v) is 14.1. The molecule has 0 spiro atoms. The molecule has 0 aliphatic heterocycles. The van der Waals surface area contributed by atoms with Gasteiger partial charge in [-0.3, -0.25) is 9.78 Å². The molecular formula is C18H20N2O3S. The lowest BCUT2D eigenvalue weighted by Crippen LogP contribution is -2.24. The highest BCUT2D eigenvalue weighted by molar-refractivity contribution is 7.92. The molecule has 3 rings (SSSR count). The summed E-state index contributed by atoms with van der Waals surface area (Å²) < 4.78 is 25.4. The monoisotopic (exact) mass is 344 g/mol. The molecule has 6 heteroatoms. The summed E-state index contributed by atoms with van der Waals surface area (Å²) in [5, 5.41) is -0.264. The summed E-state index contributed by atoms with van der Waals surface area (Å²) in [5.74, 6) is -0.589. The number of primary amides is 1. The Morgan fingerprint density at radius 2 is 1.67 bits per heavy atom. The number of pyridine rings is 1. The second-order valence-corrected chi connectivity index (χ2v) is 8.35. The van der Waals surface area contributed by atoms with Crippen molar-refractivity contribution < 1.29 is 13.2 Å². The highest BCUT2D eigenvalue weighted by Crippen LogP contribution is 2.30. The van der Waals surface area contributed by atoms with Gasteiger partial charge < -0.3 is 5.73 Å². The van der Waals surface area contributed by atoms with Crippen molar-refractivity contribution in [1.29, 1.82) is 0 Å². The maximum atomic E-state index is 12.7. The van der Waals surface area contributed by atoms with E-state index in [9.17, 15) is 13.2 Å². The van der Waals surface area contributed by atoms with Crippen LogP contribution in [0.2, 0.25) is 0 Å². The van der Waals surface area contributed by atoms with Crippen LogP contribution in [0.1, 0.15) is 42.6 Å². The van der Waals surface area contributed by atoms with Crippen molar-refractivity contribution in [1.82, 2.24) is 4.98 Å². The Hall–Kier alpha value is -2.21. The minimum absolute atomic E-state index is 0.186. The highest BCUT2D eigenvalue weighted by Gasteiger charge is 2.28. The molecule has 24 heavy (non-hydrogen) atoms. The lowest BCUT2D eigenvalue weighted by molar-refractivity contribution is 0.0995. The van der Waals surface area contributed by atoms with Gasteiger partial charge in [0.1, 0.15) is 5.69 Å². The van der Waals surface area contributed by atoms with E-state index in [0.717, 1.165) is 43.2 Å². The fourth-order valence-corrected chi connectivity index (χ4v) is 5.00. The van der Waals surface area contributed by atoms with Crippen LogP contribution in [0.5, 0.6) is 0 Å². The van der Waals surface area contributed by atoms with E-state index in [1.54, 1.807) is 36.4 Å². The van der Waals surface area contributed by atoms with E-state index in [-0.39, 0.29) is 10.9 Å². The van der Waals surface area contributed by atoms with Crippen LogP contribution < -0.4 is 5.73 Å². The predicted molar refractivity (Wildman–Crippen MR) is 92.2 cm³/mol. The van der Waals surface area contributed by atoms with Crippen molar-refractivity contribution in [3.05, 3.63) is 48.3 Å². The topological polar surface area (TPSA) is 90.1 Å². The number of hydrogen-bond acceptors (Lipinski definition) is 4.